The Balaban J connectivity index is 1.20. The number of aliphatic imine (C=N–C) groups is 1. The third-order valence-electron chi connectivity index (χ3n) is 12.5. The molecule has 0 saturated heterocycles. The van der Waals surface area contributed by atoms with Crippen molar-refractivity contribution in [2.24, 2.45) is 4.99 Å². The average molecular weight is 757 g/mol. The number of hydrogen-bond donors (Lipinski definition) is 1. The average Bonchev–Trinajstić information content (AvgIpc) is 3.85. The Kier molecular flexibility index (Phi) is 6.73. The maximum absolute atomic E-state index is 5.65. The Morgan fingerprint density at radius 3 is 2.09 bits per heavy atom. The summed E-state index contributed by atoms with van der Waals surface area (Å²) in [6.45, 7) is 0. The van der Waals surface area contributed by atoms with Crippen LogP contribution < -0.4 is 5.32 Å². The van der Waals surface area contributed by atoms with E-state index in [1.54, 1.807) is 0 Å². The highest BCUT2D eigenvalue weighted by molar-refractivity contribution is 7.25. The van der Waals surface area contributed by atoms with Crippen LogP contribution in [0.4, 0.5) is 0 Å². The molecule has 3 nitrogen and oxygen atoms in total. The van der Waals surface area contributed by atoms with Crippen LogP contribution in [0.2, 0.25) is 0 Å². The van der Waals surface area contributed by atoms with Gasteiger partial charge in [-0.15, -0.1) is 11.3 Å². The summed E-state index contributed by atoms with van der Waals surface area (Å²) in [4.78, 5) is 5.65. The maximum atomic E-state index is 5.65. The van der Waals surface area contributed by atoms with E-state index in [4.69, 9.17) is 4.99 Å². The van der Waals surface area contributed by atoms with Gasteiger partial charge in [0, 0.05) is 58.2 Å². The van der Waals surface area contributed by atoms with Crippen LogP contribution in [0.15, 0.2) is 199 Å². The topological polar surface area (TPSA) is 33.9 Å². The summed E-state index contributed by atoms with van der Waals surface area (Å²) in [5.74, 6) is 0.950. The van der Waals surface area contributed by atoms with Gasteiger partial charge >= 0.3 is 5.96 Å². The predicted molar refractivity (Wildman–Crippen MR) is 248 cm³/mol. The minimum atomic E-state index is 0.1000. The molecule has 13 rings (SSSR count). The van der Waals surface area contributed by atoms with Crippen LogP contribution >= 0.6 is 11.3 Å². The lowest BCUT2D eigenvalue weighted by atomic mass is 9.88. The van der Waals surface area contributed by atoms with Crippen LogP contribution in [0.25, 0.3) is 102 Å². The fourth-order valence-electron chi connectivity index (χ4n) is 9.97. The lowest BCUT2D eigenvalue weighted by Gasteiger charge is -2.24. The zero-order valence-electron chi connectivity index (χ0n) is 31.4. The van der Waals surface area contributed by atoms with Crippen molar-refractivity contribution in [3.05, 3.63) is 199 Å². The molecule has 9 aromatic carbocycles. The van der Waals surface area contributed by atoms with Crippen LogP contribution in [0.3, 0.4) is 0 Å². The van der Waals surface area contributed by atoms with Gasteiger partial charge in [0.15, 0.2) is 0 Å². The zero-order chi connectivity index (χ0) is 37.9. The first-order chi connectivity index (χ1) is 28.8. The number of rotatable bonds is 2. The molecular weight excluding hydrogens is 723 g/mol. The smallest absolute Gasteiger partial charge is 0.272 e. The largest absolute Gasteiger partial charge is 0.312 e. The van der Waals surface area contributed by atoms with E-state index in [1.165, 1.54) is 102 Å². The van der Waals surface area contributed by atoms with E-state index in [-0.39, 0.29) is 6.04 Å². The number of nitrogens with two attached hydrogens (primary N) is 1. The number of benzene rings is 9. The molecule has 2 aromatic heterocycles. The minimum absolute atomic E-state index is 0.1000. The van der Waals surface area contributed by atoms with Gasteiger partial charge in [-0.2, -0.15) is 4.99 Å². The number of quaternary nitrogens is 1. The highest BCUT2D eigenvalue weighted by Crippen LogP contribution is 2.48. The molecule has 0 amide bonds. The highest BCUT2D eigenvalue weighted by atomic mass is 32.1. The van der Waals surface area contributed by atoms with E-state index in [2.05, 4.69) is 198 Å². The second-order valence-corrected chi connectivity index (χ2v) is 16.6. The summed E-state index contributed by atoms with van der Waals surface area (Å²) in [5, 5.41) is 17.5. The second-order valence-electron chi connectivity index (χ2n) is 15.6. The van der Waals surface area contributed by atoms with Crippen molar-refractivity contribution in [1.82, 2.24) is 4.57 Å². The van der Waals surface area contributed by atoms with Gasteiger partial charge in [-0.1, -0.05) is 158 Å². The van der Waals surface area contributed by atoms with Gasteiger partial charge in [0.25, 0.3) is 0 Å². The number of fused-ring (bicyclic) bond motifs is 16. The minimum Gasteiger partial charge on any atom is -0.272 e. The third-order valence-corrected chi connectivity index (χ3v) is 13.6. The Hall–Kier alpha value is -7.11. The Labute approximate surface area is 337 Å². The number of thiophene rings is 1. The molecule has 2 N–H and O–H groups in total. The standard InChI is InChI=1S/C54H33N3S/c1-2-15-33(16-3-1)51-41-23-10-12-24-46(41)55-54(56-51)57-52-35-17-5-4-14-32(35)26-28-42(52)50-49-39-21-8-6-18-36(39)43(31-45(49)37-19-7-9-22-40(37)53(50)57)34-27-29-48-44(30-34)38-20-11-13-25-47(38)58-48/h1-31,46H,(H,55,56)/p+1. The number of allylic oxidation sites excluding steroid dienone is 2. The van der Waals surface area contributed by atoms with Crippen molar-refractivity contribution < 1.29 is 5.32 Å². The molecule has 1 aliphatic carbocycles. The normalized spacial score (nSPS) is 15.6. The fourth-order valence-corrected chi connectivity index (χ4v) is 11.1. The number of hydrogen-bond acceptors (Lipinski definition) is 2. The molecule has 4 heteroatoms. The maximum Gasteiger partial charge on any atom is 0.312 e. The first kappa shape index (κ1) is 32.0. The molecule has 0 saturated carbocycles. The molecule has 0 bridgehead atoms. The van der Waals surface area contributed by atoms with Crippen molar-refractivity contribution in [3.63, 3.8) is 0 Å². The molecule has 0 radical (unpaired) electrons. The van der Waals surface area contributed by atoms with E-state index in [0.717, 1.165) is 17.2 Å². The van der Waals surface area contributed by atoms with E-state index >= 15 is 0 Å². The van der Waals surface area contributed by atoms with Crippen LogP contribution in [0.5, 0.6) is 0 Å². The van der Waals surface area contributed by atoms with Gasteiger partial charge in [0.2, 0.25) is 0 Å². The van der Waals surface area contributed by atoms with E-state index in [1.807, 2.05) is 11.3 Å². The molecule has 3 heterocycles. The van der Waals surface area contributed by atoms with Crippen LogP contribution in [-0.4, -0.2) is 16.6 Å². The fraction of sp³-hybridized carbons (Fsp3) is 0.0185. The third kappa shape index (κ3) is 4.50. The van der Waals surface area contributed by atoms with Crippen LogP contribution in [-0.2, 0) is 0 Å². The molecule has 1 aliphatic heterocycles. The Morgan fingerprint density at radius 1 is 0.483 bits per heavy atom. The monoisotopic (exact) mass is 756 g/mol. The van der Waals surface area contributed by atoms with Crippen molar-refractivity contribution in [3.8, 4) is 11.1 Å². The number of nitrogens with zero attached hydrogens (tertiary/aromatic N) is 2. The van der Waals surface area contributed by atoms with Gasteiger partial charge in [0.05, 0.1) is 16.7 Å². The zero-order valence-corrected chi connectivity index (χ0v) is 32.2. The molecule has 1 unspecified atom stereocenters. The second kappa shape index (κ2) is 12.2. The molecule has 0 fully saturated rings. The van der Waals surface area contributed by atoms with Crippen LogP contribution in [0, 0.1) is 0 Å². The van der Waals surface area contributed by atoms with Gasteiger partial charge in [0.1, 0.15) is 6.04 Å². The Morgan fingerprint density at radius 2 is 1.21 bits per heavy atom. The first-order valence-corrected chi connectivity index (χ1v) is 20.8. The molecule has 11 aromatic rings. The molecule has 0 spiro atoms. The summed E-state index contributed by atoms with van der Waals surface area (Å²) < 4.78 is 5.15. The van der Waals surface area contributed by atoms with Gasteiger partial charge in [-0.3, -0.25) is 5.32 Å². The van der Waals surface area contributed by atoms with Crippen molar-refractivity contribution in [1.29, 1.82) is 0 Å². The van der Waals surface area contributed by atoms with E-state index in [9.17, 15) is 0 Å². The van der Waals surface area contributed by atoms with E-state index < -0.39 is 0 Å². The quantitative estimate of drug-likeness (QED) is 0.171. The lowest BCUT2D eigenvalue weighted by Crippen LogP contribution is -2.95. The molecule has 270 valence electrons. The highest BCUT2D eigenvalue weighted by Gasteiger charge is 2.32. The van der Waals surface area contributed by atoms with Gasteiger partial charge in [-0.05, 0) is 68.4 Å². The molecule has 2 aliphatic rings. The molecule has 1 atom stereocenters. The molecule has 58 heavy (non-hydrogen) atoms. The SMILES string of the molecule is C1=CC2=C(c3ccccc3)N=C(n3c4c5ccccc5ccc4c4c5c6ccccc6c(-c6ccc7sc8ccccc8c7c6)cc5c5ccccc5c43)[NH2+]C2C=C1. The van der Waals surface area contributed by atoms with Crippen LogP contribution in [0.1, 0.15) is 5.56 Å². The lowest BCUT2D eigenvalue weighted by molar-refractivity contribution is -0.563. The van der Waals surface area contributed by atoms with Crippen molar-refractivity contribution >= 4 is 108 Å². The molecular formula is C54H34N3S+. The van der Waals surface area contributed by atoms with Crippen molar-refractivity contribution in [2.45, 2.75) is 6.04 Å². The van der Waals surface area contributed by atoms with Crippen molar-refractivity contribution in [2.75, 3.05) is 0 Å². The summed E-state index contributed by atoms with van der Waals surface area (Å²) in [6.07, 6.45) is 8.84. The summed E-state index contributed by atoms with van der Waals surface area (Å²) >= 11 is 1.87. The van der Waals surface area contributed by atoms with Gasteiger partial charge < -0.3 is 0 Å². The summed E-state index contributed by atoms with van der Waals surface area (Å²) in [5.41, 5.74) is 8.26. The number of aromatic nitrogens is 1. The van der Waals surface area contributed by atoms with Gasteiger partial charge in [-0.25, -0.2) is 4.57 Å². The Bertz CT molecular complexity index is 3710. The van der Waals surface area contributed by atoms with E-state index in [0.29, 0.717) is 0 Å². The summed E-state index contributed by atoms with van der Waals surface area (Å²) in [6, 6.07) is 60.7. The first-order valence-electron chi connectivity index (χ1n) is 20.0. The summed E-state index contributed by atoms with van der Waals surface area (Å²) in [7, 11) is 0. The predicted octanol–water partition coefficient (Wildman–Crippen LogP) is 13.1.